The molecule has 0 aromatic carbocycles. The van der Waals surface area contributed by atoms with Crippen LogP contribution in [0.1, 0.15) is 19.8 Å². The van der Waals surface area contributed by atoms with Gasteiger partial charge in [-0.3, -0.25) is 9.69 Å². The lowest BCUT2D eigenvalue weighted by atomic mass is 10.4. The standard InChI is InChI=1S/C9H19N3O/c1-2-11-9(13)7-12(6-5-10)8-3-4-8/h8H,2-7,10H2,1H3,(H,11,13). The van der Waals surface area contributed by atoms with Crippen molar-refractivity contribution in [1.82, 2.24) is 10.2 Å². The highest BCUT2D eigenvalue weighted by atomic mass is 16.2. The minimum Gasteiger partial charge on any atom is -0.355 e. The molecule has 0 saturated heterocycles. The maximum Gasteiger partial charge on any atom is 0.234 e. The van der Waals surface area contributed by atoms with Crippen molar-refractivity contribution in [3.63, 3.8) is 0 Å². The number of hydrogen-bond acceptors (Lipinski definition) is 3. The van der Waals surface area contributed by atoms with Crippen LogP contribution in [0.2, 0.25) is 0 Å². The molecule has 4 heteroatoms. The Balaban J connectivity index is 2.24. The fraction of sp³-hybridized carbons (Fsp3) is 0.889. The van der Waals surface area contributed by atoms with Crippen molar-refractivity contribution in [3.8, 4) is 0 Å². The van der Waals surface area contributed by atoms with Gasteiger partial charge < -0.3 is 11.1 Å². The minimum atomic E-state index is 0.114. The van der Waals surface area contributed by atoms with Crippen molar-refractivity contribution >= 4 is 5.91 Å². The second-order valence-electron chi connectivity index (χ2n) is 3.44. The molecule has 4 nitrogen and oxygen atoms in total. The normalized spacial score (nSPS) is 16.2. The molecule has 0 heterocycles. The molecule has 0 spiro atoms. The topological polar surface area (TPSA) is 58.4 Å². The SMILES string of the molecule is CCNC(=O)CN(CCN)C1CC1. The lowest BCUT2D eigenvalue weighted by Gasteiger charge is -2.19. The highest BCUT2D eigenvalue weighted by molar-refractivity contribution is 5.78. The Morgan fingerprint density at radius 3 is 2.77 bits per heavy atom. The average molecular weight is 185 g/mol. The van der Waals surface area contributed by atoms with E-state index < -0.39 is 0 Å². The molecule has 0 unspecified atom stereocenters. The van der Waals surface area contributed by atoms with Crippen LogP contribution in [0, 0.1) is 0 Å². The molecule has 13 heavy (non-hydrogen) atoms. The second kappa shape index (κ2) is 5.19. The lowest BCUT2D eigenvalue weighted by molar-refractivity contribution is -0.122. The van der Waals surface area contributed by atoms with E-state index in [0.717, 1.165) is 6.54 Å². The summed E-state index contributed by atoms with van der Waals surface area (Å²) in [5.41, 5.74) is 5.47. The summed E-state index contributed by atoms with van der Waals surface area (Å²) in [6.07, 6.45) is 2.44. The van der Waals surface area contributed by atoms with Crippen LogP contribution in [0.5, 0.6) is 0 Å². The molecule has 0 aliphatic heterocycles. The van der Waals surface area contributed by atoms with Crippen LogP contribution in [0.15, 0.2) is 0 Å². The number of likely N-dealkylation sites (N-methyl/N-ethyl adjacent to an activating group) is 1. The van der Waals surface area contributed by atoms with Gasteiger partial charge in [0.2, 0.25) is 5.91 Å². The van der Waals surface area contributed by atoms with Crippen molar-refractivity contribution < 1.29 is 4.79 Å². The van der Waals surface area contributed by atoms with Gasteiger partial charge in [-0.05, 0) is 19.8 Å². The largest absolute Gasteiger partial charge is 0.355 e. The second-order valence-corrected chi connectivity index (χ2v) is 3.44. The van der Waals surface area contributed by atoms with Gasteiger partial charge in [-0.1, -0.05) is 0 Å². The van der Waals surface area contributed by atoms with Crippen LogP contribution in [-0.2, 0) is 4.79 Å². The van der Waals surface area contributed by atoms with E-state index in [1.165, 1.54) is 12.8 Å². The zero-order valence-corrected chi connectivity index (χ0v) is 8.25. The molecule has 76 valence electrons. The number of nitrogens with one attached hydrogen (secondary N) is 1. The third-order valence-electron chi connectivity index (χ3n) is 2.20. The zero-order valence-electron chi connectivity index (χ0n) is 8.25. The van der Waals surface area contributed by atoms with E-state index in [9.17, 15) is 4.79 Å². The van der Waals surface area contributed by atoms with Gasteiger partial charge >= 0.3 is 0 Å². The first-order chi connectivity index (χ1) is 6.27. The van der Waals surface area contributed by atoms with E-state index in [-0.39, 0.29) is 5.91 Å². The van der Waals surface area contributed by atoms with Crippen molar-refractivity contribution in [2.75, 3.05) is 26.2 Å². The monoisotopic (exact) mass is 185 g/mol. The maximum absolute atomic E-state index is 11.3. The molecule has 0 aromatic heterocycles. The number of rotatable bonds is 6. The first-order valence-corrected chi connectivity index (χ1v) is 4.98. The molecule has 1 rings (SSSR count). The number of nitrogens with zero attached hydrogens (tertiary/aromatic N) is 1. The van der Waals surface area contributed by atoms with E-state index in [4.69, 9.17) is 5.73 Å². The summed E-state index contributed by atoms with van der Waals surface area (Å²) in [4.78, 5) is 13.4. The van der Waals surface area contributed by atoms with E-state index in [2.05, 4.69) is 10.2 Å². The number of nitrogens with two attached hydrogens (primary N) is 1. The molecular weight excluding hydrogens is 166 g/mol. The molecule has 1 fully saturated rings. The minimum absolute atomic E-state index is 0.114. The average Bonchev–Trinajstić information content (AvgIpc) is 2.86. The Morgan fingerprint density at radius 1 is 1.62 bits per heavy atom. The molecule has 0 aromatic rings. The third-order valence-corrected chi connectivity index (χ3v) is 2.20. The van der Waals surface area contributed by atoms with Gasteiger partial charge in [0.05, 0.1) is 6.54 Å². The molecule has 3 N–H and O–H groups in total. The quantitative estimate of drug-likeness (QED) is 0.589. The Labute approximate surface area is 79.5 Å². The maximum atomic E-state index is 11.3. The first-order valence-electron chi connectivity index (χ1n) is 4.98. The van der Waals surface area contributed by atoms with Crippen LogP contribution >= 0.6 is 0 Å². The summed E-state index contributed by atoms with van der Waals surface area (Å²) in [6.45, 7) is 4.62. The molecular formula is C9H19N3O. The number of carbonyl (C=O) groups excluding carboxylic acids is 1. The van der Waals surface area contributed by atoms with Gasteiger partial charge in [-0.15, -0.1) is 0 Å². The molecule has 1 aliphatic rings. The smallest absolute Gasteiger partial charge is 0.234 e. The third kappa shape index (κ3) is 3.74. The Morgan fingerprint density at radius 2 is 2.31 bits per heavy atom. The Kier molecular flexibility index (Phi) is 4.18. The summed E-state index contributed by atoms with van der Waals surface area (Å²) in [7, 11) is 0. The summed E-state index contributed by atoms with van der Waals surface area (Å²) in [6, 6.07) is 0.617. The Hall–Kier alpha value is -0.610. The number of carbonyl (C=O) groups is 1. The van der Waals surface area contributed by atoms with Gasteiger partial charge in [0.15, 0.2) is 0 Å². The molecule has 1 aliphatic carbocycles. The highest BCUT2D eigenvalue weighted by Gasteiger charge is 2.29. The van der Waals surface area contributed by atoms with Gasteiger partial charge in [0.25, 0.3) is 0 Å². The Bertz CT molecular complexity index is 168. The fourth-order valence-corrected chi connectivity index (χ4v) is 1.43. The molecule has 0 bridgehead atoms. The van der Waals surface area contributed by atoms with Crippen LogP contribution in [0.3, 0.4) is 0 Å². The summed E-state index contributed by atoms with van der Waals surface area (Å²) >= 11 is 0. The van der Waals surface area contributed by atoms with E-state index >= 15 is 0 Å². The highest BCUT2D eigenvalue weighted by Crippen LogP contribution is 2.25. The lowest BCUT2D eigenvalue weighted by Crippen LogP contribution is -2.40. The van der Waals surface area contributed by atoms with Crippen molar-refractivity contribution in [3.05, 3.63) is 0 Å². The summed E-state index contributed by atoms with van der Waals surface area (Å²) < 4.78 is 0. The molecule has 0 atom stereocenters. The van der Waals surface area contributed by atoms with Gasteiger partial charge in [-0.25, -0.2) is 0 Å². The predicted molar refractivity (Wildman–Crippen MR) is 52.3 cm³/mol. The van der Waals surface area contributed by atoms with Crippen molar-refractivity contribution in [1.29, 1.82) is 0 Å². The first kappa shape index (κ1) is 10.5. The number of hydrogen-bond donors (Lipinski definition) is 2. The van der Waals surface area contributed by atoms with E-state index in [0.29, 0.717) is 25.7 Å². The predicted octanol–water partition coefficient (Wildman–Crippen LogP) is -0.454. The van der Waals surface area contributed by atoms with Gasteiger partial charge in [0.1, 0.15) is 0 Å². The van der Waals surface area contributed by atoms with Crippen LogP contribution in [-0.4, -0.2) is 43.0 Å². The van der Waals surface area contributed by atoms with E-state index in [1.807, 2.05) is 6.92 Å². The van der Waals surface area contributed by atoms with E-state index in [1.54, 1.807) is 0 Å². The molecule has 1 amide bonds. The molecule has 0 radical (unpaired) electrons. The van der Waals surface area contributed by atoms with Crippen LogP contribution in [0.25, 0.3) is 0 Å². The fourth-order valence-electron chi connectivity index (χ4n) is 1.43. The van der Waals surface area contributed by atoms with Gasteiger partial charge in [-0.2, -0.15) is 0 Å². The van der Waals surface area contributed by atoms with Crippen molar-refractivity contribution in [2.24, 2.45) is 5.73 Å². The summed E-state index contributed by atoms with van der Waals surface area (Å²) in [5.74, 6) is 0.114. The number of amides is 1. The summed E-state index contributed by atoms with van der Waals surface area (Å²) in [5, 5.41) is 2.80. The zero-order chi connectivity index (χ0) is 9.68. The van der Waals surface area contributed by atoms with Crippen LogP contribution < -0.4 is 11.1 Å². The van der Waals surface area contributed by atoms with Crippen LogP contribution in [0.4, 0.5) is 0 Å². The molecule has 1 saturated carbocycles. The van der Waals surface area contributed by atoms with Crippen molar-refractivity contribution in [2.45, 2.75) is 25.8 Å². The van der Waals surface area contributed by atoms with Gasteiger partial charge in [0, 0.05) is 25.7 Å².